The summed E-state index contributed by atoms with van der Waals surface area (Å²) in [6.07, 6.45) is 1.06. The molecule has 2 nitrogen and oxygen atoms in total. The van der Waals surface area contributed by atoms with E-state index < -0.39 is 0 Å². The van der Waals surface area contributed by atoms with Crippen LogP contribution in [0.2, 0.25) is 0 Å². The molecular formula is C14H17FO2. The molecule has 92 valence electrons. The molecule has 1 heterocycles. The minimum absolute atomic E-state index is 0.0308. The number of Topliss-reactive ketones (excluding diaryl/α,β-unsaturated/α-hetero) is 1. The Balaban J connectivity index is 2.54. The van der Waals surface area contributed by atoms with Crippen molar-refractivity contribution in [3.63, 3.8) is 0 Å². The van der Waals surface area contributed by atoms with Crippen LogP contribution >= 0.6 is 0 Å². The molecule has 0 spiro atoms. The molecule has 0 amide bonds. The number of hydrogen-bond donors (Lipinski definition) is 0. The number of halogens is 1. The van der Waals surface area contributed by atoms with Gasteiger partial charge in [0.1, 0.15) is 11.6 Å². The van der Waals surface area contributed by atoms with Gasteiger partial charge < -0.3 is 4.74 Å². The summed E-state index contributed by atoms with van der Waals surface area (Å²) in [5.74, 6) is 0.179. The van der Waals surface area contributed by atoms with E-state index in [9.17, 15) is 9.18 Å². The van der Waals surface area contributed by atoms with Crippen LogP contribution in [-0.2, 0) is 6.42 Å². The Morgan fingerprint density at radius 3 is 2.76 bits per heavy atom. The van der Waals surface area contributed by atoms with E-state index in [-0.39, 0.29) is 17.0 Å². The lowest BCUT2D eigenvalue weighted by Crippen LogP contribution is -2.21. The number of carbonyl (C=O) groups excluding carboxylic acids is 1. The maximum Gasteiger partial charge on any atom is 0.167 e. The summed E-state index contributed by atoms with van der Waals surface area (Å²) in [5.41, 5.74) is 0.968. The third kappa shape index (κ3) is 2.33. The maximum absolute atomic E-state index is 13.4. The molecule has 1 aromatic rings. The van der Waals surface area contributed by atoms with Gasteiger partial charge in [-0.05, 0) is 24.1 Å². The Morgan fingerprint density at radius 1 is 1.41 bits per heavy atom. The van der Waals surface area contributed by atoms with Crippen LogP contribution in [0.5, 0.6) is 5.75 Å². The van der Waals surface area contributed by atoms with Crippen LogP contribution in [0.1, 0.15) is 43.1 Å². The lowest BCUT2D eigenvalue weighted by Gasteiger charge is -2.20. The Bertz CT molecular complexity index is 464. The normalized spacial score (nSPS) is 18.2. The molecule has 1 aromatic carbocycles. The molecule has 1 aliphatic rings. The van der Waals surface area contributed by atoms with E-state index in [4.69, 9.17) is 4.74 Å². The lowest BCUT2D eigenvalue weighted by molar-refractivity contribution is 0.0917. The van der Waals surface area contributed by atoms with Gasteiger partial charge in [0.2, 0.25) is 0 Å². The Labute approximate surface area is 101 Å². The zero-order valence-electron chi connectivity index (χ0n) is 10.5. The molecule has 3 heteroatoms. The Hall–Kier alpha value is -1.38. The molecule has 0 aliphatic carbocycles. The first kappa shape index (κ1) is 12.1. The van der Waals surface area contributed by atoms with Gasteiger partial charge in [0.05, 0.1) is 12.2 Å². The fraction of sp³-hybridized carbons (Fsp3) is 0.500. The molecule has 0 unspecified atom stereocenters. The third-order valence-corrected chi connectivity index (χ3v) is 3.06. The molecular weight excluding hydrogens is 219 g/mol. The highest BCUT2D eigenvalue weighted by Gasteiger charge is 2.30. The van der Waals surface area contributed by atoms with E-state index in [1.54, 1.807) is 0 Å². The molecule has 0 fully saturated rings. The number of rotatable bonds is 1. The third-order valence-electron chi connectivity index (χ3n) is 3.06. The highest BCUT2D eigenvalue weighted by molar-refractivity contribution is 5.99. The van der Waals surface area contributed by atoms with Gasteiger partial charge in [-0.1, -0.05) is 20.8 Å². The second-order valence-electron chi connectivity index (χ2n) is 5.35. The molecule has 0 bridgehead atoms. The van der Waals surface area contributed by atoms with Gasteiger partial charge in [0.25, 0.3) is 0 Å². The molecule has 2 rings (SSSR count). The van der Waals surface area contributed by atoms with E-state index in [1.165, 1.54) is 12.1 Å². The van der Waals surface area contributed by atoms with Gasteiger partial charge in [-0.15, -0.1) is 0 Å². The van der Waals surface area contributed by atoms with Crippen LogP contribution in [0.25, 0.3) is 0 Å². The molecule has 0 N–H and O–H groups in total. The zero-order valence-corrected chi connectivity index (χ0v) is 10.5. The predicted molar refractivity (Wildman–Crippen MR) is 64.0 cm³/mol. The molecule has 0 atom stereocenters. The van der Waals surface area contributed by atoms with Crippen LogP contribution in [0.3, 0.4) is 0 Å². The molecule has 1 aliphatic heterocycles. The van der Waals surface area contributed by atoms with Crippen LogP contribution in [0, 0.1) is 11.2 Å². The zero-order chi connectivity index (χ0) is 12.6. The van der Waals surface area contributed by atoms with Gasteiger partial charge in [-0.25, -0.2) is 4.39 Å². The summed E-state index contributed by atoms with van der Waals surface area (Å²) in [6.45, 7) is 6.39. The van der Waals surface area contributed by atoms with Gasteiger partial charge in [-0.3, -0.25) is 4.79 Å². The highest BCUT2D eigenvalue weighted by atomic mass is 19.1. The fourth-order valence-corrected chi connectivity index (χ4v) is 2.14. The largest absolute Gasteiger partial charge is 0.492 e. The Morgan fingerprint density at radius 2 is 2.12 bits per heavy atom. The topological polar surface area (TPSA) is 26.3 Å². The van der Waals surface area contributed by atoms with Crippen molar-refractivity contribution in [2.45, 2.75) is 33.6 Å². The lowest BCUT2D eigenvalue weighted by atomic mass is 9.87. The maximum atomic E-state index is 13.4. The molecule has 0 saturated heterocycles. The quantitative estimate of drug-likeness (QED) is 0.747. The monoisotopic (exact) mass is 236 g/mol. The van der Waals surface area contributed by atoms with Gasteiger partial charge in [0, 0.05) is 11.8 Å². The summed E-state index contributed by atoms with van der Waals surface area (Å²) in [6, 6.07) is 2.74. The van der Waals surface area contributed by atoms with E-state index in [0.29, 0.717) is 30.8 Å². The predicted octanol–water partition coefficient (Wildman–Crippen LogP) is 3.38. The summed E-state index contributed by atoms with van der Waals surface area (Å²) < 4.78 is 19.2. The number of aryl methyl sites for hydroxylation is 1. The van der Waals surface area contributed by atoms with Crippen molar-refractivity contribution >= 4 is 5.78 Å². The first-order valence-electron chi connectivity index (χ1n) is 5.91. The number of fused-ring (bicyclic) bond motifs is 1. The first-order valence-corrected chi connectivity index (χ1v) is 5.91. The van der Waals surface area contributed by atoms with Crippen LogP contribution in [0.15, 0.2) is 12.1 Å². The SMILES string of the molecule is CCc1cc(F)cc2c1OCC(C)(C)CC2=O. The molecule has 17 heavy (non-hydrogen) atoms. The molecule has 0 radical (unpaired) electrons. The van der Waals surface area contributed by atoms with E-state index >= 15 is 0 Å². The highest BCUT2D eigenvalue weighted by Crippen LogP contribution is 2.35. The van der Waals surface area contributed by atoms with Crippen molar-refractivity contribution in [3.05, 3.63) is 29.1 Å². The number of carbonyl (C=O) groups is 1. The van der Waals surface area contributed by atoms with Gasteiger partial charge in [-0.2, -0.15) is 0 Å². The molecule has 0 aromatic heterocycles. The van der Waals surface area contributed by atoms with Crippen LogP contribution in [0.4, 0.5) is 4.39 Å². The Kier molecular flexibility index (Phi) is 2.94. The summed E-state index contributed by atoms with van der Waals surface area (Å²) in [5, 5.41) is 0. The standard InChI is InChI=1S/C14H17FO2/c1-4-9-5-10(15)6-11-12(16)7-14(2,3)8-17-13(9)11/h5-6H,4,7-8H2,1-3H3. The van der Waals surface area contributed by atoms with E-state index in [0.717, 1.165) is 5.56 Å². The smallest absolute Gasteiger partial charge is 0.167 e. The average molecular weight is 236 g/mol. The van der Waals surface area contributed by atoms with Gasteiger partial charge in [0.15, 0.2) is 5.78 Å². The van der Waals surface area contributed by atoms with Crippen LogP contribution in [-0.4, -0.2) is 12.4 Å². The van der Waals surface area contributed by atoms with Gasteiger partial charge >= 0.3 is 0 Å². The summed E-state index contributed by atoms with van der Waals surface area (Å²) in [4.78, 5) is 12.1. The number of benzene rings is 1. The summed E-state index contributed by atoms with van der Waals surface area (Å²) in [7, 11) is 0. The number of ether oxygens (including phenoxy) is 1. The fourth-order valence-electron chi connectivity index (χ4n) is 2.14. The van der Waals surface area contributed by atoms with Crippen molar-refractivity contribution in [2.24, 2.45) is 5.41 Å². The minimum Gasteiger partial charge on any atom is -0.492 e. The van der Waals surface area contributed by atoms with Crippen molar-refractivity contribution in [1.29, 1.82) is 0 Å². The van der Waals surface area contributed by atoms with Crippen LogP contribution < -0.4 is 4.74 Å². The number of ketones is 1. The van der Waals surface area contributed by atoms with E-state index in [2.05, 4.69) is 0 Å². The van der Waals surface area contributed by atoms with Crippen molar-refractivity contribution in [2.75, 3.05) is 6.61 Å². The first-order chi connectivity index (χ1) is 7.93. The van der Waals surface area contributed by atoms with Crippen molar-refractivity contribution in [1.82, 2.24) is 0 Å². The van der Waals surface area contributed by atoms with Crippen molar-refractivity contribution in [3.8, 4) is 5.75 Å². The molecule has 0 saturated carbocycles. The second kappa shape index (κ2) is 4.13. The average Bonchev–Trinajstić information content (AvgIpc) is 2.35. The second-order valence-corrected chi connectivity index (χ2v) is 5.35. The number of hydrogen-bond acceptors (Lipinski definition) is 2. The van der Waals surface area contributed by atoms with E-state index in [1.807, 2.05) is 20.8 Å². The minimum atomic E-state index is -0.364. The van der Waals surface area contributed by atoms with Crippen molar-refractivity contribution < 1.29 is 13.9 Å². The summed E-state index contributed by atoms with van der Waals surface area (Å²) >= 11 is 0.